The zero-order valence-corrected chi connectivity index (χ0v) is 8.41. The Bertz CT molecular complexity index is 410. The molecule has 0 aliphatic heterocycles. The molecule has 0 saturated heterocycles. The van der Waals surface area contributed by atoms with Crippen LogP contribution in [-0.2, 0) is 16.0 Å². The van der Waals surface area contributed by atoms with E-state index in [4.69, 9.17) is 5.73 Å². The van der Waals surface area contributed by atoms with Crippen LogP contribution in [0.1, 0.15) is 17.7 Å². The molecular formula is C9H10F2N2O3. The van der Waals surface area contributed by atoms with Gasteiger partial charge in [-0.25, -0.2) is 13.8 Å². The molecule has 0 unspecified atom stereocenters. The van der Waals surface area contributed by atoms with Crippen molar-refractivity contribution in [2.75, 3.05) is 12.8 Å². The quantitative estimate of drug-likeness (QED) is 0.760. The van der Waals surface area contributed by atoms with E-state index in [-0.39, 0.29) is 5.56 Å². The first-order valence-corrected chi connectivity index (χ1v) is 4.29. The molecule has 16 heavy (non-hydrogen) atoms. The van der Waals surface area contributed by atoms with Crippen LogP contribution in [0.4, 0.5) is 14.6 Å². The highest BCUT2D eigenvalue weighted by atomic mass is 19.3. The van der Waals surface area contributed by atoms with Crippen molar-refractivity contribution in [2.24, 2.45) is 0 Å². The molecule has 0 radical (unpaired) electrons. The van der Waals surface area contributed by atoms with Gasteiger partial charge in [-0.3, -0.25) is 4.79 Å². The van der Waals surface area contributed by atoms with Crippen molar-refractivity contribution in [1.82, 2.24) is 4.98 Å². The third-order valence-electron chi connectivity index (χ3n) is 1.91. The number of methoxy groups -OCH3 is 1. The van der Waals surface area contributed by atoms with E-state index in [0.717, 1.165) is 13.2 Å². The number of ether oxygens (including phenoxy) is 1. The number of anilines is 1. The number of esters is 1. The summed E-state index contributed by atoms with van der Waals surface area (Å²) in [5.74, 6) is -1.54. The number of nitrogens with zero attached hydrogens (tertiary/aromatic N) is 1. The van der Waals surface area contributed by atoms with Crippen LogP contribution >= 0.6 is 0 Å². The van der Waals surface area contributed by atoms with Gasteiger partial charge in [0.25, 0.3) is 6.43 Å². The number of halogens is 2. The summed E-state index contributed by atoms with van der Waals surface area (Å²) in [5.41, 5.74) is 4.45. The van der Waals surface area contributed by atoms with Crippen LogP contribution in [0.25, 0.3) is 0 Å². The number of nitrogens with two attached hydrogens (primary N) is 1. The van der Waals surface area contributed by atoms with Crippen LogP contribution in [-0.4, -0.2) is 23.2 Å². The molecule has 0 bridgehead atoms. The molecule has 1 aromatic heterocycles. The molecule has 0 aliphatic carbocycles. The predicted octanol–water partition coefficient (Wildman–Crippen LogP) is 1.02. The zero-order chi connectivity index (χ0) is 12.3. The molecule has 0 aromatic carbocycles. The molecule has 1 aromatic rings. The van der Waals surface area contributed by atoms with Crippen LogP contribution in [0.5, 0.6) is 5.75 Å². The Balaban J connectivity index is 3.14. The molecule has 3 N–H and O–H groups in total. The summed E-state index contributed by atoms with van der Waals surface area (Å²) in [5, 5.41) is 9.21. The van der Waals surface area contributed by atoms with E-state index in [1.165, 1.54) is 0 Å². The second-order valence-corrected chi connectivity index (χ2v) is 2.99. The third-order valence-corrected chi connectivity index (χ3v) is 1.91. The first-order valence-electron chi connectivity index (χ1n) is 4.29. The average molecular weight is 232 g/mol. The van der Waals surface area contributed by atoms with Crippen molar-refractivity contribution < 1.29 is 23.4 Å². The lowest BCUT2D eigenvalue weighted by Crippen LogP contribution is -2.09. The molecule has 1 rings (SSSR count). The molecule has 0 atom stereocenters. The number of aromatic nitrogens is 1. The highest BCUT2D eigenvalue weighted by molar-refractivity contribution is 5.73. The fraction of sp³-hybridized carbons (Fsp3) is 0.333. The Morgan fingerprint density at radius 1 is 1.69 bits per heavy atom. The van der Waals surface area contributed by atoms with Gasteiger partial charge in [0.1, 0.15) is 5.69 Å². The van der Waals surface area contributed by atoms with Gasteiger partial charge < -0.3 is 15.6 Å². The Morgan fingerprint density at radius 3 is 2.81 bits per heavy atom. The number of alkyl halides is 2. The monoisotopic (exact) mass is 232 g/mol. The number of carbonyl (C=O) groups excluding carboxylic acids is 1. The molecule has 7 heteroatoms. The molecule has 0 fully saturated rings. The second kappa shape index (κ2) is 4.73. The first kappa shape index (κ1) is 12.2. The third kappa shape index (κ3) is 2.56. The van der Waals surface area contributed by atoms with E-state index in [1.54, 1.807) is 0 Å². The van der Waals surface area contributed by atoms with Crippen molar-refractivity contribution in [3.63, 3.8) is 0 Å². The summed E-state index contributed by atoms with van der Waals surface area (Å²) in [7, 11) is 1.13. The summed E-state index contributed by atoms with van der Waals surface area (Å²) >= 11 is 0. The molecule has 0 amide bonds. The molecule has 1 heterocycles. The lowest BCUT2D eigenvalue weighted by Gasteiger charge is -2.09. The number of carbonyl (C=O) groups is 1. The topological polar surface area (TPSA) is 85.4 Å². The number of pyridine rings is 1. The minimum absolute atomic E-state index is 0.103. The van der Waals surface area contributed by atoms with E-state index < -0.39 is 36.1 Å². The Morgan fingerprint density at radius 2 is 2.31 bits per heavy atom. The Hall–Kier alpha value is -1.92. The number of aromatic hydroxyl groups is 1. The van der Waals surface area contributed by atoms with Gasteiger partial charge >= 0.3 is 5.97 Å². The van der Waals surface area contributed by atoms with Gasteiger partial charge in [-0.15, -0.1) is 0 Å². The van der Waals surface area contributed by atoms with Crippen molar-refractivity contribution >= 4 is 11.8 Å². The number of nitrogen functional groups attached to an aromatic ring is 1. The minimum atomic E-state index is -2.87. The normalized spacial score (nSPS) is 10.5. The highest BCUT2D eigenvalue weighted by Crippen LogP contribution is 2.28. The van der Waals surface area contributed by atoms with E-state index >= 15 is 0 Å². The fourth-order valence-electron chi connectivity index (χ4n) is 1.13. The van der Waals surface area contributed by atoms with Crippen LogP contribution in [0.2, 0.25) is 0 Å². The van der Waals surface area contributed by atoms with Crippen LogP contribution in [0, 0.1) is 0 Å². The van der Waals surface area contributed by atoms with Crippen LogP contribution in [0.3, 0.4) is 0 Å². The van der Waals surface area contributed by atoms with E-state index in [0.29, 0.717) is 0 Å². The number of hydrogen-bond donors (Lipinski definition) is 2. The van der Waals surface area contributed by atoms with Gasteiger partial charge in [0.2, 0.25) is 0 Å². The maximum absolute atomic E-state index is 12.5. The lowest BCUT2D eigenvalue weighted by molar-refractivity contribution is -0.139. The van der Waals surface area contributed by atoms with Crippen molar-refractivity contribution in [2.45, 2.75) is 12.8 Å². The second-order valence-electron chi connectivity index (χ2n) is 2.99. The summed E-state index contributed by atoms with van der Waals surface area (Å²) in [6, 6.07) is 0.987. The smallest absolute Gasteiger partial charge is 0.310 e. The minimum Gasteiger partial charge on any atom is -0.504 e. The SMILES string of the molecule is COC(=O)Cc1cc(O)c(N)nc1C(F)F. The Kier molecular flexibility index (Phi) is 3.60. The fourth-order valence-corrected chi connectivity index (χ4v) is 1.13. The van der Waals surface area contributed by atoms with Gasteiger partial charge in [-0.1, -0.05) is 0 Å². The van der Waals surface area contributed by atoms with Gasteiger partial charge in [0.15, 0.2) is 11.6 Å². The molecule has 0 saturated carbocycles. The van der Waals surface area contributed by atoms with Crippen LogP contribution < -0.4 is 5.73 Å². The van der Waals surface area contributed by atoms with Gasteiger partial charge in [0.05, 0.1) is 13.5 Å². The van der Waals surface area contributed by atoms with Gasteiger partial charge in [-0.2, -0.15) is 0 Å². The van der Waals surface area contributed by atoms with Gasteiger partial charge in [0, 0.05) is 0 Å². The van der Waals surface area contributed by atoms with Crippen molar-refractivity contribution in [3.05, 3.63) is 17.3 Å². The highest BCUT2D eigenvalue weighted by Gasteiger charge is 2.19. The van der Waals surface area contributed by atoms with E-state index in [1.807, 2.05) is 0 Å². The molecule has 0 aliphatic rings. The standard InChI is InChI=1S/C9H10F2N2O3/c1-16-6(15)3-4-2-5(14)9(12)13-7(4)8(10)11/h2,8,14H,3H2,1H3,(H2,12,13). The molecule has 0 spiro atoms. The average Bonchev–Trinajstić information content (AvgIpc) is 2.22. The van der Waals surface area contributed by atoms with E-state index in [2.05, 4.69) is 9.72 Å². The van der Waals surface area contributed by atoms with Gasteiger partial charge in [-0.05, 0) is 11.6 Å². The van der Waals surface area contributed by atoms with Crippen molar-refractivity contribution in [1.29, 1.82) is 0 Å². The van der Waals surface area contributed by atoms with Crippen LogP contribution in [0.15, 0.2) is 6.07 Å². The number of rotatable bonds is 3. The maximum Gasteiger partial charge on any atom is 0.310 e. The first-order chi connectivity index (χ1) is 7.45. The Labute approximate surface area is 89.9 Å². The zero-order valence-electron chi connectivity index (χ0n) is 8.41. The summed E-state index contributed by atoms with van der Waals surface area (Å²) in [4.78, 5) is 14.3. The van der Waals surface area contributed by atoms with Crippen molar-refractivity contribution in [3.8, 4) is 5.75 Å². The molecule has 5 nitrogen and oxygen atoms in total. The maximum atomic E-state index is 12.5. The van der Waals surface area contributed by atoms with E-state index in [9.17, 15) is 18.7 Å². The summed E-state index contributed by atoms with van der Waals surface area (Å²) in [6.07, 6.45) is -3.26. The number of hydrogen-bond acceptors (Lipinski definition) is 5. The molecule has 88 valence electrons. The summed E-state index contributed by atoms with van der Waals surface area (Å²) in [6.45, 7) is 0. The predicted molar refractivity (Wildman–Crippen MR) is 51.0 cm³/mol. The summed E-state index contributed by atoms with van der Waals surface area (Å²) < 4.78 is 29.4. The molecular weight excluding hydrogens is 222 g/mol. The largest absolute Gasteiger partial charge is 0.504 e. The lowest BCUT2D eigenvalue weighted by atomic mass is 10.1.